The summed E-state index contributed by atoms with van der Waals surface area (Å²) >= 11 is 0. The van der Waals surface area contributed by atoms with Crippen molar-refractivity contribution in [1.82, 2.24) is 10.3 Å². The number of aromatic nitrogens is 1. The van der Waals surface area contributed by atoms with Gasteiger partial charge in [0, 0.05) is 12.2 Å². The van der Waals surface area contributed by atoms with Crippen molar-refractivity contribution < 1.29 is 14.4 Å². The number of rotatable bonds is 6. The van der Waals surface area contributed by atoms with Gasteiger partial charge < -0.3 is 14.9 Å². The number of ether oxygens (including phenoxy) is 1. The van der Waals surface area contributed by atoms with Crippen LogP contribution < -0.4 is 5.32 Å². The third-order valence-electron chi connectivity index (χ3n) is 3.33. The second-order valence-corrected chi connectivity index (χ2v) is 5.27. The number of hydrogen-bond acceptors (Lipinski definition) is 5. The van der Waals surface area contributed by atoms with Gasteiger partial charge in [0.1, 0.15) is 0 Å². The molecule has 0 atom stereocenters. The van der Waals surface area contributed by atoms with Crippen LogP contribution in [0.25, 0.3) is 0 Å². The van der Waals surface area contributed by atoms with E-state index < -0.39 is 6.09 Å². The van der Waals surface area contributed by atoms with Crippen molar-refractivity contribution in [2.24, 2.45) is 5.16 Å². The Morgan fingerprint density at radius 1 is 1.25 bits per heavy atom. The number of methoxy groups -OCH3 is 1. The molecule has 0 unspecified atom stereocenters. The molecule has 0 radical (unpaired) electrons. The highest BCUT2D eigenvalue weighted by molar-refractivity contribution is 5.98. The summed E-state index contributed by atoms with van der Waals surface area (Å²) in [5, 5.41) is 6.78. The zero-order valence-corrected chi connectivity index (χ0v) is 14.1. The molecule has 0 fully saturated rings. The van der Waals surface area contributed by atoms with Gasteiger partial charge in [-0.15, -0.1) is 0 Å². The Morgan fingerprint density at radius 2 is 2.04 bits per heavy atom. The highest BCUT2D eigenvalue weighted by atomic mass is 16.6. The summed E-state index contributed by atoms with van der Waals surface area (Å²) in [7, 11) is 1.34. The van der Waals surface area contributed by atoms with Gasteiger partial charge in [-0.2, -0.15) is 0 Å². The first-order chi connectivity index (χ1) is 11.6. The molecule has 0 aliphatic carbocycles. The molecule has 1 amide bonds. The van der Waals surface area contributed by atoms with E-state index in [4.69, 9.17) is 4.84 Å². The van der Waals surface area contributed by atoms with E-state index in [9.17, 15) is 4.79 Å². The molecule has 0 aliphatic heterocycles. The Labute approximate surface area is 141 Å². The van der Waals surface area contributed by atoms with Crippen LogP contribution in [0.4, 0.5) is 4.79 Å². The topological polar surface area (TPSA) is 72.8 Å². The van der Waals surface area contributed by atoms with Crippen LogP contribution in [-0.2, 0) is 22.7 Å². The smallest absolute Gasteiger partial charge is 0.407 e. The van der Waals surface area contributed by atoms with Crippen molar-refractivity contribution in [3.8, 4) is 0 Å². The van der Waals surface area contributed by atoms with Gasteiger partial charge in [0.05, 0.1) is 18.5 Å². The van der Waals surface area contributed by atoms with Crippen molar-refractivity contribution in [3.05, 3.63) is 65.0 Å². The molecule has 2 rings (SSSR count). The number of carbonyl (C=O) groups excluding carboxylic acids is 1. The molecule has 1 heterocycles. The van der Waals surface area contributed by atoms with Crippen molar-refractivity contribution in [1.29, 1.82) is 0 Å². The molecule has 24 heavy (non-hydrogen) atoms. The van der Waals surface area contributed by atoms with Crippen molar-refractivity contribution >= 4 is 11.8 Å². The summed E-state index contributed by atoms with van der Waals surface area (Å²) in [4.78, 5) is 20.9. The zero-order chi connectivity index (χ0) is 17.4. The second kappa shape index (κ2) is 8.67. The van der Waals surface area contributed by atoms with Gasteiger partial charge in [-0.3, -0.25) is 4.98 Å². The molecular weight excluding hydrogens is 306 g/mol. The fourth-order valence-electron chi connectivity index (χ4n) is 2.08. The summed E-state index contributed by atoms with van der Waals surface area (Å²) in [5.41, 5.74) is 4.41. The van der Waals surface area contributed by atoms with Crippen LogP contribution >= 0.6 is 0 Å². The van der Waals surface area contributed by atoms with E-state index in [1.54, 1.807) is 0 Å². The van der Waals surface area contributed by atoms with E-state index in [0.717, 1.165) is 28.2 Å². The number of amides is 1. The van der Waals surface area contributed by atoms with Crippen LogP contribution in [0.1, 0.15) is 29.4 Å². The molecule has 6 heteroatoms. The third kappa shape index (κ3) is 5.39. The van der Waals surface area contributed by atoms with Gasteiger partial charge in [-0.05, 0) is 43.2 Å². The molecule has 0 saturated heterocycles. The fraction of sp³-hybridized carbons (Fsp3) is 0.278. The lowest BCUT2D eigenvalue weighted by molar-refractivity contribution is 0.127. The number of nitrogens with one attached hydrogen (secondary N) is 1. The number of pyridine rings is 1. The quantitative estimate of drug-likeness (QED) is 0.653. The molecule has 0 spiro atoms. The predicted molar refractivity (Wildman–Crippen MR) is 91.7 cm³/mol. The lowest BCUT2D eigenvalue weighted by atomic mass is 10.1. The molecule has 0 bridgehead atoms. The van der Waals surface area contributed by atoms with Gasteiger partial charge in [0.2, 0.25) is 0 Å². The van der Waals surface area contributed by atoms with Gasteiger partial charge >= 0.3 is 6.09 Å². The number of benzene rings is 1. The maximum absolute atomic E-state index is 11.1. The number of nitrogens with zero attached hydrogens (tertiary/aromatic N) is 2. The SMILES string of the molecule is COC(=O)NCc1cccc(C(C)=NOCc2cccc(C)n2)c1. The zero-order valence-electron chi connectivity index (χ0n) is 14.1. The fourth-order valence-corrected chi connectivity index (χ4v) is 2.08. The van der Waals surface area contributed by atoms with Crippen LogP contribution in [0.2, 0.25) is 0 Å². The standard InChI is InChI=1S/C18H21N3O3/c1-13-6-4-9-17(20-13)12-24-21-14(2)16-8-5-7-15(10-16)11-19-18(22)23-3/h4-10H,11-12H2,1-3H3,(H,19,22). The lowest BCUT2D eigenvalue weighted by Crippen LogP contribution is -2.22. The largest absolute Gasteiger partial charge is 0.453 e. The number of carbonyl (C=O) groups is 1. The number of aryl methyl sites for hydroxylation is 1. The van der Waals surface area contributed by atoms with Crippen LogP contribution in [-0.4, -0.2) is 23.9 Å². The first-order valence-corrected chi connectivity index (χ1v) is 7.58. The summed E-state index contributed by atoms with van der Waals surface area (Å²) in [6.07, 6.45) is -0.459. The van der Waals surface area contributed by atoms with E-state index in [1.165, 1.54) is 7.11 Å². The van der Waals surface area contributed by atoms with E-state index in [0.29, 0.717) is 13.2 Å². The minimum Gasteiger partial charge on any atom is -0.453 e. The average molecular weight is 327 g/mol. The Hall–Kier alpha value is -2.89. The molecule has 1 aromatic carbocycles. The van der Waals surface area contributed by atoms with Gasteiger partial charge in [-0.25, -0.2) is 4.79 Å². The van der Waals surface area contributed by atoms with Crippen LogP contribution in [0.5, 0.6) is 0 Å². The van der Waals surface area contributed by atoms with Crippen LogP contribution in [0, 0.1) is 6.92 Å². The van der Waals surface area contributed by atoms with Gasteiger partial charge in [0.15, 0.2) is 6.61 Å². The first-order valence-electron chi connectivity index (χ1n) is 7.58. The molecule has 1 aromatic heterocycles. The molecule has 1 N–H and O–H groups in total. The minimum absolute atomic E-state index is 0.322. The van der Waals surface area contributed by atoms with Crippen molar-refractivity contribution in [2.45, 2.75) is 27.0 Å². The number of hydrogen-bond donors (Lipinski definition) is 1. The summed E-state index contributed by atoms with van der Waals surface area (Å²) in [6.45, 7) is 4.52. The van der Waals surface area contributed by atoms with Crippen LogP contribution in [0.3, 0.4) is 0 Å². The van der Waals surface area contributed by atoms with Crippen molar-refractivity contribution in [2.75, 3.05) is 7.11 Å². The van der Waals surface area contributed by atoms with Crippen molar-refractivity contribution in [3.63, 3.8) is 0 Å². The Kier molecular flexibility index (Phi) is 6.31. The second-order valence-electron chi connectivity index (χ2n) is 5.27. The summed E-state index contributed by atoms with van der Waals surface area (Å²) in [6, 6.07) is 13.5. The Balaban J connectivity index is 1.95. The predicted octanol–water partition coefficient (Wildman–Crippen LogP) is 3.19. The third-order valence-corrected chi connectivity index (χ3v) is 3.33. The highest BCUT2D eigenvalue weighted by Gasteiger charge is 2.03. The monoisotopic (exact) mass is 327 g/mol. The maximum atomic E-state index is 11.1. The maximum Gasteiger partial charge on any atom is 0.407 e. The number of oxime groups is 1. The van der Waals surface area contributed by atoms with Gasteiger partial charge in [0.25, 0.3) is 0 Å². The summed E-state index contributed by atoms with van der Waals surface area (Å²) < 4.78 is 4.55. The normalized spacial score (nSPS) is 11.0. The molecular formula is C18H21N3O3. The van der Waals surface area contributed by atoms with Gasteiger partial charge in [-0.1, -0.05) is 29.4 Å². The van der Waals surface area contributed by atoms with E-state index in [1.807, 2.05) is 56.3 Å². The van der Waals surface area contributed by atoms with E-state index >= 15 is 0 Å². The summed E-state index contributed by atoms with van der Waals surface area (Å²) in [5.74, 6) is 0. The molecule has 6 nitrogen and oxygen atoms in total. The minimum atomic E-state index is -0.459. The molecule has 126 valence electrons. The van der Waals surface area contributed by atoms with E-state index in [-0.39, 0.29) is 0 Å². The molecule has 2 aromatic rings. The highest BCUT2D eigenvalue weighted by Crippen LogP contribution is 2.08. The molecule has 0 aliphatic rings. The van der Waals surface area contributed by atoms with Crippen LogP contribution in [0.15, 0.2) is 47.6 Å². The van der Waals surface area contributed by atoms with E-state index in [2.05, 4.69) is 20.2 Å². The first kappa shape index (κ1) is 17.5. The lowest BCUT2D eigenvalue weighted by Gasteiger charge is -2.07. The average Bonchev–Trinajstić information content (AvgIpc) is 2.60. The number of alkyl carbamates (subject to hydrolysis) is 1. The molecule has 0 saturated carbocycles. The Bertz CT molecular complexity index is 729. The Morgan fingerprint density at radius 3 is 2.79 bits per heavy atom.